The molecule has 0 amide bonds. The Kier molecular flexibility index (Phi) is 4.36. The third kappa shape index (κ3) is 4.40. The van der Waals surface area contributed by atoms with Crippen molar-refractivity contribution < 1.29 is 8.42 Å². The van der Waals surface area contributed by atoms with Crippen LogP contribution in [0.25, 0.3) is 0 Å². The topological polar surface area (TPSA) is 84.2 Å². The first-order chi connectivity index (χ1) is 8.53. The molecule has 0 radical (unpaired) electrons. The second-order valence-electron chi connectivity index (χ2n) is 4.29. The maximum absolute atomic E-state index is 10.9. The van der Waals surface area contributed by atoms with Crippen LogP contribution in [0.5, 0.6) is 0 Å². The standard InChI is InChI=1S/C11H17N3O2S2/c12-18(15,16)14-10-4-1-3-9(7-10)13-11-5-2-6-17-8-11/h1,3-4,7,11,13-14H,2,5-6,8H2,(H2,12,15,16). The van der Waals surface area contributed by atoms with Gasteiger partial charge in [-0.1, -0.05) is 6.07 Å². The van der Waals surface area contributed by atoms with Gasteiger partial charge in [-0.2, -0.15) is 20.2 Å². The maximum Gasteiger partial charge on any atom is 0.296 e. The van der Waals surface area contributed by atoms with E-state index in [0.29, 0.717) is 11.7 Å². The molecule has 1 fully saturated rings. The van der Waals surface area contributed by atoms with E-state index < -0.39 is 10.2 Å². The SMILES string of the molecule is NS(=O)(=O)Nc1cccc(NC2CCCSC2)c1. The molecule has 1 heterocycles. The van der Waals surface area contributed by atoms with Crippen LogP contribution in [-0.2, 0) is 10.2 Å². The number of benzene rings is 1. The monoisotopic (exact) mass is 287 g/mol. The minimum absolute atomic E-state index is 0.452. The lowest BCUT2D eigenvalue weighted by atomic mass is 10.1. The molecule has 0 spiro atoms. The van der Waals surface area contributed by atoms with E-state index in [9.17, 15) is 8.42 Å². The van der Waals surface area contributed by atoms with Crippen molar-refractivity contribution in [2.45, 2.75) is 18.9 Å². The van der Waals surface area contributed by atoms with Gasteiger partial charge in [-0.3, -0.25) is 4.72 Å². The molecular weight excluding hydrogens is 270 g/mol. The van der Waals surface area contributed by atoms with Crippen LogP contribution in [0, 0.1) is 0 Å². The molecule has 1 aromatic rings. The van der Waals surface area contributed by atoms with Gasteiger partial charge in [0.2, 0.25) is 0 Å². The second-order valence-corrected chi connectivity index (χ2v) is 6.73. The van der Waals surface area contributed by atoms with Gasteiger partial charge >= 0.3 is 0 Å². The molecule has 1 aromatic carbocycles. The Morgan fingerprint density at radius 1 is 1.33 bits per heavy atom. The number of nitrogens with two attached hydrogens (primary N) is 1. The molecule has 1 saturated heterocycles. The molecule has 4 N–H and O–H groups in total. The molecule has 2 rings (SSSR count). The molecule has 0 bridgehead atoms. The Labute approximate surface area is 112 Å². The zero-order valence-electron chi connectivity index (χ0n) is 9.93. The van der Waals surface area contributed by atoms with Crippen LogP contribution < -0.4 is 15.2 Å². The minimum Gasteiger partial charge on any atom is -0.381 e. The van der Waals surface area contributed by atoms with Crippen LogP contribution in [0.2, 0.25) is 0 Å². The fraction of sp³-hybridized carbons (Fsp3) is 0.455. The summed E-state index contributed by atoms with van der Waals surface area (Å²) in [4.78, 5) is 0. The van der Waals surface area contributed by atoms with E-state index in [4.69, 9.17) is 5.14 Å². The molecule has 0 aromatic heterocycles. The van der Waals surface area contributed by atoms with E-state index >= 15 is 0 Å². The van der Waals surface area contributed by atoms with Crippen LogP contribution in [0.4, 0.5) is 11.4 Å². The second kappa shape index (κ2) is 5.81. The van der Waals surface area contributed by atoms with Crippen molar-refractivity contribution in [2.24, 2.45) is 5.14 Å². The summed E-state index contributed by atoms with van der Waals surface area (Å²) >= 11 is 1.94. The zero-order valence-corrected chi connectivity index (χ0v) is 11.6. The molecule has 1 unspecified atom stereocenters. The molecule has 1 aliphatic heterocycles. The van der Waals surface area contributed by atoms with Crippen molar-refractivity contribution in [3.63, 3.8) is 0 Å². The van der Waals surface area contributed by atoms with E-state index in [1.807, 2.05) is 17.8 Å². The number of anilines is 2. The van der Waals surface area contributed by atoms with Gasteiger partial charge in [-0.15, -0.1) is 0 Å². The molecule has 0 saturated carbocycles. The summed E-state index contributed by atoms with van der Waals surface area (Å²) in [5.41, 5.74) is 1.39. The maximum atomic E-state index is 10.9. The average Bonchev–Trinajstić information content (AvgIpc) is 2.28. The highest BCUT2D eigenvalue weighted by atomic mass is 32.2. The Morgan fingerprint density at radius 2 is 2.11 bits per heavy atom. The van der Waals surface area contributed by atoms with E-state index in [1.165, 1.54) is 12.2 Å². The normalized spacial score (nSPS) is 20.4. The molecular formula is C11H17N3O2S2. The van der Waals surface area contributed by atoms with Gasteiger partial charge in [0.25, 0.3) is 10.2 Å². The summed E-state index contributed by atoms with van der Waals surface area (Å²) in [5, 5.41) is 8.35. The van der Waals surface area contributed by atoms with E-state index in [0.717, 1.165) is 17.9 Å². The number of rotatable bonds is 4. The summed E-state index contributed by atoms with van der Waals surface area (Å²) < 4.78 is 24.2. The highest BCUT2D eigenvalue weighted by molar-refractivity contribution is 7.99. The van der Waals surface area contributed by atoms with Gasteiger partial charge in [-0.25, -0.2) is 5.14 Å². The van der Waals surface area contributed by atoms with Crippen molar-refractivity contribution >= 4 is 33.3 Å². The first kappa shape index (κ1) is 13.5. The molecule has 7 heteroatoms. The van der Waals surface area contributed by atoms with Gasteiger partial charge < -0.3 is 5.32 Å². The van der Waals surface area contributed by atoms with Crippen molar-refractivity contribution in [3.8, 4) is 0 Å². The van der Waals surface area contributed by atoms with Gasteiger partial charge in [0.15, 0.2) is 0 Å². The van der Waals surface area contributed by atoms with Crippen molar-refractivity contribution in [1.29, 1.82) is 0 Å². The highest BCUT2D eigenvalue weighted by Crippen LogP contribution is 2.22. The predicted molar refractivity (Wildman–Crippen MR) is 77.1 cm³/mol. The Hall–Kier alpha value is -0.920. The number of hydrogen-bond donors (Lipinski definition) is 3. The van der Waals surface area contributed by atoms with E-state index in [-0.39, 0.29) is 0 Å². The largest absolute Gasteiger partial charge is 0.381 e. The summed E-state index contributed by atoms with van der Waals surface area (Å²) in [6.45, 7) is 0. The predicted octanol–water partition coefficient (Wildman–Crippen LogP) is 1.61. The Morgan fingerprint density at radius 3 is 2.78 bits per heavy atom. The Balaban J connectivity index is 2.02. The zero-order chi connectivity index (χ0) is 13.0. The van der Waals surface area contributed by atoms with Crippen molar-refractivity contribution in [1.82, 2.24) is 0 Å². The van der Waals surface area contributed by atoms with Crippen LogP contribution in [-0.4, -0.2) is 26.0 Å². The fourth-order valence-corrected chi connectivity index (χ4v) is 3.45. The molecule has 0 aliphatic carbocycles. The molecule has 18 heavy (non-hydrogen) atoms. The van der Waals surface area contributed by atoms with Gasteiger partial charge in [0.05, 0.1) is 5.69 Å². The molecule has 1 atom stereocenters. The molecule has 1 aliphatic rings. The first-order valence-corrected chi connectivity index (χ1v) is 8.48. The third-order valence-corrected chi connectivity index (χ3v) is 4.39. The minimum atomic E-state index is -3.71. The van der Waals surface area contributed by atoms with Crippen LogP contribution in [0.1, 0.15) is 12.8 Å². The lowest BCUT2D eigenvalue weighted by Crippen LogP contribution is -2.26. The summed E-state index contributed by atoms with van der Waals surface area (Å²) in [6.07, 6.45) is 2.37. The van der Waals surface area contributed by atoms with Gasteiger partial charge in [-0.05, 0) is 36.8 Å². The lowest BCUT2D eigenvalue weighted by Gasteiger charge is -2.23. The van der Waals surface area contributed by atoms with E-state index in [2.05, 4.69) is 10.0 Å². The van der Waals surface area contributed by atoms with Crippen LogP contribution in [0.15, 0.2) is 24.3 Å². The molecule has 5 nitrogen and oxygen atoms in total. The van der Waals surface area contributed by atoms with Crippen LogP contribution >= 0.6 is 11.8 Å². The summed E-state index contributed by atoms with van der Waals surface area (Å²) in [6, 6.07) is 7.60. The smallest absolute Gasteiger partial charge is 0.296 e. The number of hydrogen-bond acceptors (Lipinski definition) is 4. The van der Waals surface area contributed by atoms with Gasteiger partial charge in [0.1, 0.15) is 0 Å². The highest BCUT2D eigenvalue weighted by Gasteiger charge is 2.13. The lowest BCUT2D eigenvalue weighted by molar-refractivity contribution is 0.603. The fourth-order valence-electron chi connectivity index (χ4n) is 1.93. The Bertz CT molecular complexity index is 499. The molecule has 100 valence electrons. The number of nitrogens with one attached hydrogen (secondary N) is 2. The first-order valence-electron chi connectivity index (χ1n) is 5.78. The quantitative estimate of drug-likeness (QED) is 0.785. The summed E-state index contributed by atoms with van der Waals surface area (Å²) in [5.74, 6) is 2.32. The number of thioether (sulfide) groups is 1. The van der Waals surface area contributed by atoms with Gasteiger partial charge in [0, 0.05) is 17.5 Å². The average molecular weight is 287 g/mol. The third-order valence-electron chi connectivity index (χ3n) is 2.65. The van der Waals surface area contributed by atoms with E-state index in [1.54, 1.807) is 18.2 Å². The van der Waals surface area contributed by atoms with Crippen molar-refractivity contribution in [3.05, 3.63) is 24.3 Å². The van der Waals surface area contributed by atoms with Crippen molar-refractivity contribution in [2.75, 3.05) is 21.5 Å². The summed E-state index contributed by atoms with van der Waals surface area (Å²) in [7, 11) is -3.71. The van der Waals surface area contributed by atoms with Crippen LogP contribution in [0.3, 0.4) is 0 Å².